The quantitative estimate of drug-likeness (QED) is 0.169. The van der Waals surface area contributed by atoms with Crippen LogP contribution in [-0.2, 0) is 0 Å². The van der Waals surface area contributed by atoms with E-state index in [0.29, 0.717) is 31.4 Å². The number of guanidine groups is 1. The van der Waals surface area contributed by atoms with Crippen LogP contribution < -0.4 is 16.0 Å². The van der Waals surface area contributed by atoms with Crippen molar-refractivity contribution in [2.45, 2.75) is 52.1 Å². The fourth-order valence-corrected chi connectivity index (χ4v) is 2.63. The first-order valence-corrected chi connectivity index (χ1v) is 9.11. The van der Waals surface area contributed by atoms with E-state index in [1.54, 1.807) is 12.1 Å². The Morgan fingerprint density at radius 1 is 1.15 bits per heavy atom. The Labute approximate surface area is 173 Å². The number of rotatable bonds is 11. The van der Waals surface area contributed by atoms with Crippen molar-refractivity contribution in [2.75, 3.05) is 26.2 Å². The number of carbonyl (C=O) groups is 1. The molecule has 1 heterocycles. The summed E-state index contributed by atoms with van der Waals surface area (Å²) in [5, 5.41) is 19.7. The second kappa shape index (κ2) is 13.9. The second-order valence-corrected chi connectivity index (χ2v) is 6.08. The molecule has 0 saturated carbocycles. The number of furan rings is 1. The summed E-state index contributed by atoms with van der Waals surface area (Å²) in [6, 6.07) is 3.30. The van der Waals surface area contributed by atoms with Crippen molar-refractivity contribution >= 4 is 35.8 Å². The van der Waals surface area contributed by atoms with Crippen LogP contribution in [0.25, 0.3) is 0 Å². The minimum Gasteiger partial charge on any atom is -0.459 e. The molecule has 0 aliphatic carbocycles. The van der Waals surface area contributed by atoms with E-state index in [1.165, 1.54) is 6.26 Å². The summed E-state index contributed by atoms with van der Waals surface area (Å²) in [5.41, 5.74) is -0.751. The summed E-state index contributed by atoms with van der Waals surface area (Å²) < 4.78 is 5.04. The lowest BCUT2D eigenvalue weighted by Crippen LogP contribution is -2.43. The highest BCUT2D eigenvalue weighted by Gasteiger charge is 2.24. The Morgan fingerprint density at radius 3 is 2.35 bits per heavy atom. The molecule has 0 aliphatic heterocycles. The van der Waals surface area contributed by atoms with E-state index < -0.39 is 5.60 Å². The lowest BCUT2D eigenvalue weighted by Gasteiger charge is -2.26. The molecule has 1 rings (SSSR count). The number of carbonyl (C=O) groups excluding carboxylic acids is 1. The first-order chi connectivity index (χ1) is 12.0. The molecule has 1 aromatic heterocycles. The standard InChI is InChI=1S/C18H32N4O3.HI/c1-4-9-18(24,10-5-2)14-22-17(19-6-3)21-12-11-20-16(23)15-8-7-13-25-15;/h7-8,13,24H,4-6,9-12,14H2,1-3H3,(H,20,23)(H2,19,21,22);1H. The summed E-state index contributed by atoms with van der Waals surface area (Å²) in [7, 11) is 0. The molecule has 0 atom stereocenters. The maximum atomic E-state index is 11.8. The van der Waals surface area contributed by atoms with Crippen molar-refractivity contribution in [3.8, 4) is 0 Å². The third-order valence-corrected chi connectivity index (χ3v) is 3.75. The van der Waals surface area contributed by atoms with Gasteiger partial charge in [0.2, 0.25) is 0 Å². The van der Waals surface area contributed by atoms with Crippen molar-refractivity contribution in [1.82, 2.24) is 16.0 Å². The number of hydrogen-bond donors (Lipinski definition) is 4. The van der Waals surface area contributed by atoms with Crippen LogP contribution in [0.3, 0.4) is 0 Å². The number of amides is 1. The molecule has 26 heavy (non-hydrogen) atoms. The molecule has 1 aromatic rings. The molecular weight excluding hydrogens is 447 g/mol. The zero-order chi connectivity index (χ0) is 18.5. The molecule has 150 valence electrons. The third-order valence-electron chi connectivity index (χ3n) is 3.75. The Balaban J connectivity index is 0.00000625. The maximum Gasteiger partial charge on any atom is 0.287 e. The molecule has 0 radical (unpaired) electrons. The molecule has 1 amide bonds. The fourth-order valence-electron chi connectivity index (χ4n) is 2.63. The van der Waals surface area contributed by atoms with E-state index in [0.717, 1.165) is 32.2 Å². The van der Waals surface area contributed by atoms with Gasteiger partial charge in [-0.2, -0.15) is 0 Å². The van der Waals surface area contributed by atoms with E-state index in [2.05, 4.69) is 34.8 Å². The predicted molar refractivity (Wildman–Crippen MR) is 115 cm³/mol. The van der Waals surface area contributed by atoms with E-state index in [-0.39, 0.29) is 29.9 Å². The lowest BCUT2D eigenvalue weighted by atomic mass is 9.93. The van der Waals surface area contributed by atoms with Gasteiger partial charge in [0, 0.05) is 19.6 Å². The summed E-state index contributed by atoms with van der Waals surface area (Å²) >= 11 is 0. The van der Waals surface area contributed by atoms with Crippen LogP contribution in [0.1, 0.15) is 57.0 Å². The molecule has 0 spiro atoms. The largest absolute Gasteiger partial charge is 0.459 e. The van der Waals surface area contributed by atoms with Crippen LogP contribution in [0.4, 0.5) is 0 Å². The first kappa shape index (κ1) is 24.7. The minimum atomic E-state index is -0.751. The van der Waals surface area contributed by atoms with E-state index in [4.69, 9.17) is 4.42 Å². The number of aliphatic imine (C=N–C) groups is 1. The predicted octanol–water partition coefficient (Wildman–Crippen LogP) is 2.51. The van der Waals surface area contributed by atoms with Crippen LogP contribution in [0, 0.1) is 0 Å². The third kappa shape index (κ3) is 9.42. The van der Waals surface area contributed by atoms with Crippen molar-refractivity contribution in [3.05, 3.63) is 24.2 Å². The van der Waals surface area contributed by atoms with Gasteiger partial charge in [-0.05, 0) is 31.9 Å². The SMILES string of the molecule is CCCC(O)(CCC)CN=C(NCC)NCCNC(=O)c1ccco1.I. The zero-order valence-corrected chi connectivity index (χ0v) is 18.3. The van der Waals surface area contributed by atoms with Gasteiger partial charge in [0.15, 0.2) is 11.7 Å². The summed E-state index contributed by atoms with van der Waals surface area (Å²) in [5.74, 6) is 0.694. The number of aliphatic hydroxyl groups is 1. The summed E-state index contributed by atoms with van der Waals surface area (Å²) in [6.45, 7) is 8.18. The summed E-state index contributed by atoms with van der Waals surface area (Å²) in [6.07, 6.45) is 4.80. The minimum absolute atomic E-state index is 0. The van der Waals surface area contributed by atoms with Crippen molar-refractivity contribution in [1.29, 1.82) is 0 Å². The smallest absolute Gasteiger partial charge is 0.287 e. The Morgan fingerprint density at radius 2 is 1.81 bits per heavy atom. The Hall–Kier alpha value is -1.29. The molecule has 4 N–H and O–H groups in total. The normalized spacial score (nSPS) is 11.6. The average Bonchev–Trinajstić information content (AvgIpc) is 3.11. The topological polar surface area (TPSA) is 98.9 Å². The second-order valence-electron chi connectivity index (χ2n) is 6.08. The highest BCUT2D eigenvalue weighted by atomic mass is 127. The highest BCUT2D eigenvalue weighted by molar-refractivity contribution is 14.0. The lowest BCUT2D eigenvalue weighted by molar-refractivity contribution is 0.0306. The van der Waals surface area contributed by atoms with Gasteiger partial charge in [-0.15, -0.1) is 24.0 Å². The number of hydrogen-bond acceptors (Lipinski definition) is 4. The molecule has 0 bridgehead atoms. The maximum absolute atomic E-state index is 11.8. The number of nitrogens with one attached hydrogen (secondary N) is 3. The molecular formula is C18H33IN4O3. The van der Waals surface area contributed by atoms with Gasteiger partial charge in [0.05, 0.1) is 18.4 Å². The Bertz CT molecular complexity index is 515. The van der Waals surface area contributed by atoms with Crippen LogP contribution in [0.5, 0.6) is 0 Å². The molecule has 0 fully saturated rings. The molecule has 7 nitrogen and oxygen atoms in total. The number of halogens is 1. The van der Waals surface area contributed by atoms with Crippen molar-refractivity contribution in [3.63, 3.8) is 0 Å². The van der Waals surface area contributed by atoms with Crippen LogP contribution in [0.15, 0.2) is 27.8 Å². The van der Waals surface area contributed by atoms with Gasteiger partial charge in [-0.3, -0.25) is 9.79 Å². The van der Waals surface area contributed by atoms with Gasteiger partial charge < -0.3 is 25.5 Å². The molecule has 0 saturated heterocycles. The highest BCUT2D eigenvalue weighted by Crippen LogP contribution is 2.19. The summed E-state index contributed by atoms with van der Waals surface area (Å²) in [4.78, 5) is 16.3. The fraction of sp³-hybridized carbons (Fsp3) is 0.667. The van der Waals surface area contributed by atoms with Gasteiger partial charge in [0.25, 0.3) is 5.91 Å². The molecule has 0 unspecified atom stereocenters. The average molecular weight is 480 g/mol. The van der Waals surface area contributed by atoms with E-state index >= 15 is 0 Å². The van der Waals surface area contributed by atoms with Crippen LogP contribution in [0.2, 0.25) is 0 Å². The molecule has 0 aromatic carbocycles. The Kier molecular flexibility index (Phi) is 13.2. The van der Waals surface area contributed by atoms with Gasteiger partial charge in [-0.1, -0.05) is 26.7 Å². The van der Waals surface area contributed by atoms with Crippen molar-refractivity contribution < 1.29 is 14.3 Å². The number of nitrogens with zero attached hydrogens (tertiary/aromatic N) is 1. The van der Waals surface area contributed by atoms with E-state index in [1.807, 2.05) is 6.92 Å². The van der Waals surface area contributed by atoms with Gasteiger partial charge in [-0.25, -0.2) is 0 Å². The van der Waals surface area contributed by atoms with E-state index in [9.17, 15) is 9.90 Å². The molecule has 0 aliphatic rings. The van der Waals surface area contributed by atoms with Gasteiger partial charge in [0.1, 0.15) is 0 Å². The monoisotopic (exact) mass is 480 g/mol. The van der Waals surface area contributed by atoms with Crippen molar-refractivity contribution in [2.24, 2.45) is 4.99 Å². The zero-order valence-electron chi connectivity index (χ0n) is 16.0. The van der Waals surface area contributed by atoms with Gasteiger partial charge >= 0.3 is 0 Å². The van der Waals surface area contributed by atoms with Crippen LogP contribution in [-0.4, -0.2) is 48.8 Å². The molecule has 8 heteroatoms. The van der Waals surface area contributed by atoms with Crippen LogP contribution >= 0.6 is 24.0 Å². The first-order valence-electron chi connectivity index (χ1n) is 9.11.